The fourth-order valence-corrected chi connectivity index (χ4v) is 3.30. The minimum atomic E-state index is -3.46. The Morgan fingerprint density at radius 1 is 1.21 bits per heavy atom. The van der Waals surface area contributed by atoms with E-state index in [2.05, 4.69) is 20.7 Å². The van der Waals surface area contributed by atoms with E-state index in [1.807, 2.05) is 32.8 Å². The monoisotopic (exact) mass is 348 g/mol. The topological polar surface area (TPSA) is 49.4 Å². The van der Waals surface area contributed by atoms with E-state index in [1.54, 1.807) is 24.3 Å². The van der Waals surface area contributed by atoms with E-state index in [0.29, 0.717) is 11.4 Å². The van der Waals surface area contributed by atoms with Crippen LogP contribution in [-0.2, 0) is 10.0 Å². The van der Waals surface area contributed by atoms with Crippen LogP contribution in [-0.4, -0.2) is 40.0 Å². The lowest BCUT2D eigenvalue weighted by atomic mass is 10.1. The molecule has 0 fully saturated rings. The predicted molar refractivity (Wildman–Crippen MR) is 81.6 cm³/mol. The highest BCUT2D eigenvalue weighted by atomic mass is 79.9. The Balaban J connectivity index is 2.90. The van der Waals surface area contributed by atoms with Gasteiger partial charge in [0.1, 0.15) is 0 Å². The molecule has 4 nitrogen and oxygen atoms in total. The smallest absolute Gasteiger partial charge is 0.240 e. The third kappa shape index (κ3) is 5.22. The Morgan fingerprint density at radius 3 is 2.16 bits per heavy atom. The zero-order valence-corrected chi connectivity index (χ0v) is 14.1. The predicted octanol–water partition coefficient (Wildman–Crippen LogP) is 2.31. The first-order valence-corrected chi connectivity index (χ1v) is 8.42. The van der Waals surface area contributed by atoms with Crippen LogP contribution in [0, 0.1) is 5.92 Å². The summed E-state index contributed by atoms with van der Waals surface area (Å²) in [5, 5.41) is 0. The first-order valence-electron chi connectivity index (χ1n) is 6.15. The summed E-state index contributed by atoms with van der Waals surface area (Å²) in [4.78, 5) is 2.27. The van der Waals surface area contributed by atoms with Gasteiger partial charge in [-0.05, 0) is 44.3 Å². The van der Waals surface area contributed by atoms with Gasteiger partial charge in [0.15, 0.2) is 0 Å². The van der Waals surface area contributed by atoms with Crippen molar-refractivity contribution in [1.82, 2.24) is 9.62 Å². The maximum atomic E-state index is 12.3. The van der Waals surface area contributed by atoms with Gasteiger partial charge in [-0.3, -0.25) is 0 Å². The van der Waals surface area contributed by atoms with Crippen molar-refractivity contribution in [2.24, 2.45) is 5.92 Å². The normalized spacial score (nSPS) is 14.1. The van der Waals surface area contributed by atoms with Crippen LogP contribution in [0.3, 0.4) is 0 Å². The fraction of sp³-hybridized carbons (Fsp3) is 0.538. The summed E-state index contributed by atoms with van der Waals surface area (Å²) in [6.45, 7) is 4.70. The SMILES string of the molecule is CC(C)C(CN(C)C)NS(=O)(=O)c1ccc(Br)cc1. The lowest BCUT2D eigenvalue weighted by Gasteiger charge is -2.25. The highest BCUT2D eigenvalue weighted by molar-refractivity contribution is 9.10. The molecule has 0 saturated heterocycles. The molecule has 0 heterocycles. The second kappa shape index (κ2) is 6.83. The molecular formula is C13H21BrN2O2S. The van der Waals surface area contributed by atoms with Gasteiger partial charge in [-0.1, -0.05) is 29.8 Å². The number of nitrogens with one attached hydrogen (secondary N) is 1. The summed E-state index contributed by atoms with van der Waals surface area (Å²) in [7, 11) is 0.403. The molecule has 1 aromatic carbocycles. The van der Waals surface area contributed by atoms with Crippen molar-refractivity contribution >= 4 is 26.0 Å². The number of benzene rings is 1. The Morgan fingerprint density at radius 2 is 1.74 bits per heavy atom. The molecule has 0 spiro atoms. The van der Waals surface area contributed by atoms with Crippen LogP contribution < -0.4 is 4.72 Å². The van der Waals surface area contributed by atoms with Gasteiger partial charge in [0.2, 0.25) is 10.0 Å². The van der Waals surface area contributed by atoms with Gasteiger partial charge in [-0.15, -0.1) is 0 Å². The number of nitrogens with zero attached hydrogens (tertiary/aromatic N) is 1. The van der Waals surface area contributed by atoms with Gasteiger partial charge in [-0.2, -0.15) is 0 Å². The molecular weight excluding hydrogens is 328 g/mol. The fourth-order valence-electron chi connectivity index (χ4n) is 1.66. The van der Waals surface area contributed by atoms with Crippen LogP contribution in [0.25, 0.3) is 0 Å². The highest BCUT2D eigenvalue weighted by Gasteiger charge is 2.22. The van der Waals surface area contributed by atoms with Crippen molar-refractivity contribution in [2.75, 3.05) is 20.6 Å². The average molecular weight is 349 g/mol. The van der Waals surface area contributed by atoms with E-state index < -0.39 is 10.0 Å². The molecule has 6 heteroatoms. The van der Waals surface area contributed by atoms with Gasteiger partial charge < -0.3 is 4.90 Å². The number of likely N-dealkylation sites (N-methyl/N-ethyl adjacent to an activating group) is 1. The summed E-state index contributed by atoms with van der Waals surface area (Å²) >= 11 is 3.30. The first kappa shape index (κ1) is 16.6. The molecule has 1 rings (SSSR count). The van der Waals surface area contributed by atoms with Crippen LogP contribution in [0.15, 0.2) is 33.6 Å². The summed E-state index contributed by atoms with van der Waals surface area (Å²) in [6.07, 6.45) is 0. The molecule has 19 heavy (non-hydrogen) atoms. The summed E-state index contributed by atoms with van der Waals surface area (Å²) in [5.41, 5.74) is 0. The van der Waals surface area contributed by atoms with Gasteiger partial charge in [-0.25, -0.2) is 13.1 Å². The standard InChI is InChI=1S/C13H21BrN2O2S/c1-10(2)13(9-16(3)4)15-19(17,18)12-7-5-11(14)6-8-12/h5-8,10,13,15H,9H2,1-4H3. The van der Waals surface area contributed by atoms with Crippen molar-refractivity contribution in [3.63, 3.8) is 0 Å². The van der Waals surface area contributed by atoms with E-state index in [-0.39, 0.29) is 12.0 Å². The minimum absolute atomic E-state index is 0.108. The number of rotatable bonds is 6. The lowest BCUT2D eigenvalue weighted by molar-refractivity contribution is 0.314. The molecule has 1 aromatic rings. The molecule has 1 unspecified atom stereocenters. The third-order valence-electron chi connectivity index (χ3n) is 2.80. The molecule has 108 valence electrons. The minimum Gasteiger partial charge on any atom is -0.308 e. The van der Waals surface area contributed by atoms with Crippen LogP contribution in [0.2, 0.25) is 0 Å². The first-order chi connectivity index (χ1) is 8.72. The summed E-state index contributed by atoms with van der Waals surface area (Å²) in [6, 6.07) is 6.54. The van der Waals surface area contributed by atoms with E-state index in [9.17, 15) is 8.42 Å². The molecule has 0 radical (unpaired) electrons. The van der Waals surface area contributed by atoms with Crippen LogP contribution in [0.5, 0.6) is 0 Å². The maximum Gasteiger partial charge on any atom is 0.240 e. The Hall–Kier alpha value is -0.430. The van der Waals surface area contributed by atoms with Crippen molar-refractivity contribution in [3.8, 4) is 0 Å². The lowest BCUT2D eigenvalue weighted by Crippen LogP contribution is -2.44. The van der Waals surface area contributed by atoms with Crippen LogP contribution in [0.4, 0.5) is 0 Å². The molecule has 0 aliphatic heterocycles. The average Bonchev–Trinajstić information content (AvgIpc) is 2.27. The van der Waals surface area contributed by atoms with Crippen LogP contribution >= 0.6 is 15.9 Å². The van der Waals surface area contributed by atoms with Crippen molar-refractivity contribution < 1.29 is 8.42 Å². The van der Waals surface area contributed by atoms with Crippen LogP contribution in [0.1, 0.15) is 13.8 Å². The van der Waals surface area contributed by atoms with E-state index in [0.717, 1.165) is 4.47 Å². The highest BCUT2D eigenvalue weighted by Crippen LogP contribution is 2.16. The number of hydrogen-bond donors (Lipinski definition) is 1. The quantitative estimate of drug-likeness (QED) is 0.858. The van der Waals surface area contributed by atoms with Gasteiger partial charge in [0.25, 0.3) is 0 Å². The number of halogens is 1. The number of sulfonamides is 1. The zero-order chi connectivity index (χ0) is 14.6. The molecule has 0 aromatic heterocycles. The van der Waals surface area contributed by atoms with E-state index in [4.69, 9.17) is 0 Å². The van der Waals surface area contributed by atoms with Gasteiger partial charge in [0.05, 0.1) is 4.90 Å². The molecule has 0 aliphatic rings. The number of hydrogen-bond acceptors (Lipinski definition) is 3. The molecule has 1 N–H and O–H groups in total. The zero-order valence-electron chi connectivity index (χ0n) is 11.7. The summed E-state index contributed by atoms with van der Waals surface area (Å²) < 4.78 is 28.2. The van der Waals surface area contributed by atoms with Crippen molar-refractivity contribution in [3.05, 3.63) is 28.7 Å². The van der Waals surface area contributed by atoms with Crippen molar-refractivity contribution in [2.45, 2.75) is 24.8 Å². The van der Waals surface area contributed by atoms with Gasteiger partial charge in [0, 0.05) is 17.1 Å². The Kier molecular flexibility index (Phi) is 5.98. The summed E-state index contributed by atoms with van der Waals surface area (Å²) in [5.74, 6) is 0.229. The van der Waals surface area contributed by atoms with Crippen molar-refractivity contribution in [1.29, 1.82) is 0 Å². The largest absolute Gasteiger partial charge is 0.308 e. The Bertz CT molecular complexity index is 498. The molecule has 0 saturated carbocycles. The molecule has 0 aliphatic carbocycles. The molecule has 1 atom stereocenters. The second-order valence-corrected chi connectivity index (χ2v) is 7.82. The van der Waals surface area contributed by atoms with E-state index >= 15 is 0 Å². The molecule has 0 bridgehead atoms. The maximum absolute atomic E-state index is 12.3. The molecule has 0 amide bonds. The second-order valence-electron chi connectivity index (χ2n) is 5.19. The third-order valence-corrected chi connectivity index (χ3v) is 4.83. The van der Waals surface area contributed by atoms with Gasteiger partial charge >= 0.3 is 0 Å². The Labute approximate surface area is 124 Å². The van der Waals surface area contributed by atoms with E-state index in [1.165, 1.54) is 0 Å².